The van der Waals surface area contributed by atoms with E-state index in [0.717, 1.165) is 0 Å². The molecule has 0 aliphatic heterocycles. The molecule has 5 nitrogen and oxygen atoms in total. The molecule has 0 amide bonds. The number of benzene rings is 1. The number of hydrogen-bond acceptors (Lipinski definition) is 4. The Kier molecular flexibility index (Phi) is 3.60. The molecular weight excluding hydrogens is 206 g/mol. The van der Waals surface area contributed by atoms with E-state index in [-0.39, 0.29) is 11.2 Å². The molecule has 0 radical (unpaired) electrons. The van der Waals surface area contributed by atoms with Gasteiger partial charge in [0.1, 0.15) is 0 Å². The summed E-state index contributed by atoms with van der Waals surface area (Å²) in [5.74, 6) is 0. The third kappa shape index (κ3) is 3.68. The summed E-state index contributed by atoms with van der Waals surface area (Å²) < 4.78 is 0. The monoisotopic (exact) mass is 221 g/mol. The van der Waals surface area contributed by atoms with E-state index in [1.54, 1.807) is 18.2 Å². The summed E-state index contributed by atoms with van der Waals surface area (Å²) in [4.78, 5) is 10.3. The Balaban J connectivity index is 2.85. The lowest BCUT2D eigenvalue weighted by Crippen LogP contribution is -2.31. The lowest BCUT2D eigenvalue weighted by molar-refractivity contribution is -0.385. The molecule has 0 aliphatic rings. The predicted octanol–water partition coefficient (Wildman–Crippen LogP) is 2.32. The van der Waals surface area contributed by atoms with Crippen LogP contribution in [0.3, 0.4) is 0 Å². The molecule has 16 heavy (non-hydrogen) atoms. The van der Waals surface area contributed by atoms with Gasteiger partial charge in [-0.05, 0) is 26.8 Å². The minimum atomic E-state index is -0.418. The quantitative estimate of drug-likeness (QED) is 0.484. The van der Waals surface area contributed by atoms with E-state index >= 15 is 0 Å². The summed E-state index contributed by atoms with van der Waals surface area (Å²) in [5.41, 5.74) is 3.28. The highest BCUT2D eigenvalue weighted by Gasteiger charge is 2.10. The first kappa shape index (κ1) is 12.2. The number of nitrogens with zero attached hydrogens (tertiary/aromatic N) is 2. The Morgan fingerprint density at radius 3 is 2.56 bits per heavy atom. The first-order valence-corrected chi connectivity index (χ1v) is 4.94. The number of hydrazone groups is 1. The van der Waals surface area contributed by atoms with Gasteiger partial charge in [-0.25, -0.2) is 0 Å². The lowest BCUT2D eigenvalue weighted by Gasteiger charge is -2.16. The van der Waals surface area contributed by atoms with Crippen LogP contribution >= 0.6 is 0 Å². The van der Waals surface area contributed by atoms with Crippen molar-refractivity contribution in [3.8, 4) is 0 Å². The molecule has 0 fully saturated rings. The van der Waals surface area contributed by atoms with Crippen molar-refractivity contribution in [1.29, 1.82) is 0 Å². The zero-order valence-electron chi connectivity index (χ0n) is 9.60. The van der Waals surface area contributed by atoms with Crippen molar-refractivity contribution < 1.29 is 4.92 Å². The van der Waals surface area contributed by atoms with E-state index in [1.165, 1.54) is 12.3 Å². The molecule has 1 rings (SSSR count). The minimum Gasteiger partial charge on any atom is -0.305 e. The van der Waals surface area contributed by atoms with Crippen molar-refractivity contribution in [2.45, 2.75) is 26.3 Å². The fourth-order valence-electron chi connectivity index (χ4n) is 1.06. The average molecular weight is 221 g/mol. The first-order valence-electron chi connectivity index (χ1n) is 4.94. The molecule has 5 heteroatoms. The van der Waals surface area contributed by atoms with Crippen LogP contribution in [0.4, 0.5) is 5.69 Å². The van der Waals surface area contributed by atoms with Crippen molar-refractivity contribution in [3.63, 3.8) is 0 Å². The fraction of sp³-hybridized carbons (Fsp3) is 0.364. The molecule has 86 valence electrons. The molecule has 0 heterocycles. The highest BCUT2D eigenvalue weighted by molar-refractivity contribution is 5.84. The van der Waals surface area contributed by atoms with E-state index < -0.39 is 4.92 Å². The Hall–Kier alpha value is -1.91. The Bertz CT molecular complexity index is 408. The van der Waals surface area contributed by atoms with Gasteiger partial charge in [0.25, 0.3) is 5.69 Å². The normalized spacial score (nSPS) is 11.7. The summed E-state index contributed by atoms with van der Waals surface area (Å²) in [6, 6.07) is 6.49. The summed E-state index contributed by atoms with van der Waals surface area (Å²) in [7, 11) is 0. The molecule has 1 aromatic carbocycles. The van der Waals surface area contributed by atoms with Crippen LogP contribution in [-0.2, 0) is 0 Å². The van der Waals surface area contributed by atoms with Gasteiger partial charge in [0, 0.05) is 11.6 Å². The van der Waals surface area contributed by atoms with Crippen molar-refractivity contribution in [2.24, 2.45) is 5.10 Å². The van der Waals surface area contributed by atoms with Crippen LogP contribution in [0.1, 0.15) is 26.3 Å². The van der Waals surface area contributed by atoms with Gasteiger partial charge in [0.2, 0.25) is 0 Å². The molecule has 0 unspecified atom stereocenters. The summed E-state index contributed by atoms with van der Waals surface area (Å²) in [6.45, 7) is 5.89. The lowest BCUT2D eigenvalue weighted by atomic mass is 10.1. The van der Waals surface area contributed by atoms with Gasteiger partial charge in [0.05, 0.1) is 16.7 Å². The second-order valence-electron chi connectivity index (χ2n) is 4.44. The summed E-state index contributed by atoms with van der Waals surface area (Å²) >= 11 is 0. The Morgan fingerprint density at radius 2 is 2.00 bits per heavy atom. The van der Waals surface area contributed by atoms with Crippen LogP contribution in [0.25, 0.3) is 0 Å². The third-order valence-electron chi connectivity index (χ3n) is 1.74. The van der Waals surface area contributed by atoms with Crippen molar-refractivity contribution in [2.75, 3.05) is 0 Å². The predicted molar refractivity (Wildman–Crippen MR) is 63.6 cm³/mol. The first-order chi connectivity index (χ1) is 7.40. The smallest absolute Gasteiger partial charge is 0.278 e. The second kappa shape index (κ2) is 4.74. The highest BCUT2D eigenvalue weighted by Crippen LogP contribution is 2.15. The number of rotatable bonds is 3. The van der Waals surface area contributed by atoms with Crippen LogP contribution < -0.4 is 5.43 Å². The molecule has 1 N–H and O–H groups in total. The SMILES string of the molecule is CC(C)(C)N/N=C\c1ccccc1[N+](=O)[O-]. The number of hydrogen-bond donors (Lipinski definition) is 1. The van der Waals surface area contributed by atoms with Gasteiger partial charge in [-0.3, -0.25) is 10.1 Å². The van der Waals surface area contributed by atoms with Gasteiger partial charge >= 0.3 is 0 Å². The average Bonchev–Trinajstić information content (AvgIpc) is 2.16. The molecule has 0 spiro atoms. The maximum absolute atomic E-state index is 10.7. The molecule has 0 saturated carbocycles. The van der Waals surface area contributed by atoms with Gasteiger partial charge in [-0.1, -0.05) is 12.1 Å². The maximum atomic E-state index is 10.7. The molecule has 0 aliphatic carbocycles. The van der Waals surface area contributed by atoms with Gasteiger partial charge in [0.15, 0.2) is 0 Å². The van der Waals surface area contributed by atoms with Crippen LogP contribution in [0.15, 0.2) is 29.4 Å². The van der Waals surface area contributed by atoms with E-state index in [0.29, 0.717) is 5.56 Å². The molecule has 0 bridgehead atoms. The van der Waals surface area contributed by atoms with Crippen molar-refractivity contribution in [3.05, 3.63) is 39.9 Å². The van der Waals surface area contributed by atoms with Gasteiger partial charge < -0.3 is 5.43 Å². The molecular formula is C11H15N3O2. The van der Waals surface area contributed by atoms with E-state index in [1.807, 2.05) is 20.8 Å². The maximum Gasteiger partial charge on any atom is 0.278 e. The molecule has 0 saturated heterocycles. The summed E-state index contributed by atoms with van der Waals surface area (Å²) in [6.07, 6.45) is 1.46. The zero-order valence-corrected chi connectivity index (χ0v) is 9.60. The Labute approximate surface area is 94.3 Å². The van der Waals surface area contributed by atoms with E-state index in [2.05, 4.69) is 10.5 Å². The third-order valence-corrected chi connectivity index (χ3v) is 1.74. The number of nitro benzene ring substituents is 1. The van der Waals surface area contributed by atoms with E-state index in [4.69, 9.17) is 0 Å². The van der Waals surface area contributed by atoms with Crippen molar-refractivity contribution >= 4 is 11.9 Å². The fourth-order valence-corrected chi connectivity index (χ4v) is 1.06. The molecule has 0 aromatic heterocycles. The second-order valence-corrected chi connectivity index (χ2v) is 4.44. The number of nitrogens with one attached hydrogen (secondary N) is 1. The standard InChI is InChI=1S/C11H15N3O2/c1-11(2,3)13-12-8-9-6-4-5-7-10(9)14(15)16/h4-8,13H,1-3H3/b12-8-. The number of nitro groups is 1. The van der Waals surface area contributed by atoms with Crippen LogP contribution in [0.5, 0.6) is 0 Å². The van der Waals surface area contributed by atoms with Crippen LogP contribution in [0, 0.1) is 10.1 Å². The molecule has 1 aromatic rings. The highest BCUT2D eigenvalue weighted by atomic mass is 16.6. The summed E-state index contributed by atoms with van der Waals surface area (Å²) in [5, 5.41) is 14.7. The number of para-hydroxylation sites is 1. The van der Waals surface area contributed by atoms with Crippen molar-refractivity contribution in [1.82, 2.24) is 5.43 Å². The minimum absolute atomic E-state index is 0.0574. The molecule has 0 atom stereocenters. The largest absolute Gasteiger partial charge is 0.305 e. The topological polar surface area (TPSA) is 67.5 Å². The van der Waals surface area contributed by atoms with Crippen LogP contribution in [-0.4, -0.2) is 16.7 Å². The van der Waals surface area contributed by atoms with Crippen LogP contribution in [0.2, 0.25) is 0 Å². The van der Waals surface area contributed by atoms with Gasteiger partial charge in [-0.15, -0.1) is 0 Å². The van der Waals surface area contributed by atoms with E-state index in [9.17, 15) is 10.1 Å². The Morgan fingerprint density at radius 1 is 1.38 bits per heavy atom. The zero-order chi connectivity index (χ0) is 12.2. The van der Waals surface area contributed by atoms with Gasteiger partial charge in [-0.2, -0.15) is 5.10 Å².